The molecule has 186 valence electrons. The van der Waals surface area contributed by atoms with Gasteiger partial charge in [0.2, 0.25) is 17.7 Å². The molecule has 2 heterocycles. The molecule has 2 fully saturated rings. The first-order valence-electron chi connectivity index (χ1n) is 12.6. The first-order chi connectivity index (χ1) is 17.9. The van der Waals surface area contributed by atoms with Gasteiger partial charge in [-0.1, -0.05) is 61.5 Å². The predicted octanol–water partition coefficient (Wildman–Crippen LogP) is 4.50. The van der Waals surface area contributed by atoms with Crippen molar-refractivity contribution in [1.29, 1.82) is 0 Å². The number of benzene rings is 3. The number of amides is 3. The van der Waals surface area contributed by atoms with Gasteiger partial charge in [-0.15, -0.1) is 0 Å². The molecule has 0 spiro atoms. The molecular weight excluding hydrogens is 468 g/mol. The summed E-state index contributed by atoms with van der Waals surface area (Å²) in [5, 5.41) is 1.97. The van der Waals surface area contributed by atoms with E-state index in [1.54, 1.807) is 29.2 Å². The second-order valence-corrected chi connectivity index (χ2v) is 9.99. The van der Waals surface area contributed by atoms with Crippen LogP contribution in [0.4, 0.5) is 11.4 Å². The highest BCUT2D eigenvalue weighted by Gasteiger charge is 2.50. The zero-order valence-corrected chi connectivity index (χ0v) is 20.4. The van der Waals surface area contributed by atoms with Gasteiger partial charge in [0.1, 0.15) is 5.75 Å². The molecule has 0 saturated carbocycles. The van der Waals surface area contributed by atoms with Crippen LogP contribution in [0.5, 0.6) is 5.75 Å². The summed E-state index contributed by atoms with van der Waals surface area (Å²) < 4.78 is 5.65. The van der Waals surface area contributed by atoms with Crippen molar-refractivity contribution in [1.82, 2.24) is 0 Å². The SMILES string of the molecule is C[C@@H]1C=CC[C@@H]2C(=O)N(c3cccc(OC(=O)[C@@H]4CC(=O)N(c5cccc6ccccc56)C4)c3)C(=O)[C@@H]12. The molecule has 0 unspecified atom stereocenters. The third kappa shape index (κ3) is 3.91. The second kappa shape index (κ2) is 9.00. The van der Waals surface area contributed by atoms with E-state index in [4.69, 9.17) is 4.74 Å². The Hall–Kier alpha value is -4.26. The monoisotopic (exact) mass is 494 g/mol. The molecule has 7 heteroatoms. The fraction of sp³-hybridized carbons (Fsp3) is 0.267. The maximum Gasteiger partial charge on any atom is 0.316 e. The van der Waals surface area contributed by atoms with Crippen molar-refractivity contribution in [2.24, 2.45) is 23.7 Å². The van der Waals surface area contributed by atoms with Gasteiger partial charge >= 0.3 is 5.97 Å². The third-order valence-electron chi connectivity index (χ3n) is 7.68. The van der Waals surface area contributed by atoms with Crippen molar-refractivity contribution in [3.63, 3.8) is 0 Å². The molecule has 6 rings (SSSR count). The lowest BCUT2D eigenvalue weighted by Gasteiger charge is -2.22. The molecule has 0 radical (unpaired) electrons. The molecule has 7 nitrogen and oxygen atoms in total. The number of nitrogens with zero attached hydrogens (tertiary/aromatic N) is 2. The van der Waals surface area contributed by atoms with Gasteiger partial charge in [-0.05, 0) is 35.9 Å². The Balaban J connectivity index is 1.19. The first kappa shape index (κ1) is 23.2. The third-order valence-corrected chi connectivity index (χ3v) is 7.68. The molecule has 3 aromatic carbocycles. The van der Waals surface area contributed by atoms with Crippen LogP contribution in [0.1, 0.15) is 19.8 Å². The number of carbonyl (C=O) groups excluding carboxylic acids is 4. The first-order valence-corrected chi connectivity index (χ1v) is 12.6. The number of esters is 1. The minimum atomic E-state index is -0.625. The van der Waals surface area contributed by atoms with Crippen LogP contribution in [-0.2, 0) is 19.2 Å². The van der Waals surface area contributed by atoms with E-state index < -0.39 is 11.9 Å². The molecule has 0 aromatic heterocycles. The number of fused-ring (bicyclic) bond motifs is 2. The predicted molar refractivity (Wildman–Crippen MR) is 139 cm³/mol. The summed E-state index contributed by atoms with van der Waals surface area (Å²) in [6.07, 6.45) is 4.55. The molecule has 1 aliphatic carbocycles. The normalized spacial score (nSPS) is 25.2. The van der Waals surface area contributed by atoms with Crippen LogP contribution in [0.15, 0.2) is 78.9 Å². The van der Waals surface area contributed by atoms with Gasteiger partial charge in [0, 0.05) is 24.4 Å². The van der Waals surface area contributed by atoms with Crippen molar-refractivity contribution in [2.75, 3.05) is 16.3 Å². The van der Waals surface area contributed by atoms with E-state index >= 15 is 0 Å². The highest BCUT2D eigenvalue weighted by Crippen LogP contribution is 2.41. The van der Waals surface area contributed by atoms with E-state index in [9.17, 15) is 19.2 Å². The lowest BCUT2D eigenvalue weighted by Crippen LogP contribution is -2.31. The molecule has 3 aliphatic rings. The quantitative estimate of drug-likeness (QED) is 0.231. The van der Waals surface area contributed by atoms with Gasteiger partial charge < -0.3 is 9.64 Å². The molecule has 0 bridgehead atoms. The van der Waals surface area contributed by atoms with Crippen LogP contribution >= 0.6 is 0 Å². The molecular formula is C30H26N2O5. The molecule has 37 heavy (non-hydrogen) atoms. The molecule has 3 amide bonds. The summed E-state index contributed by atoms with van der Waals surface area (Å²) in [7, 11) is 0. The molecule has 2 aliphatic heterocycles. The van der Waals surface area contributed by atoms with Crippen LogP contribution in [0.25, 0.3) is 10.8 Å². The Bertz CT molecular complexity index is 1470. The van der Waals surface area contributed by atoms with Gasteiger partial charge in [-0.3, -0.25) is 19.2 Å². The Morgan fingerprint density at radius 2 is 1.73 bits per heavy atom. The number of anilines is 2. The Kier molecular flexibility index (Phi) is 5.63. The van der Waals surface area contributed by atoms with Gasteiger partial charge in [-0.2, -0.15) is 0 Å². The van der Waals surface area contributed by atoms with E-state index in [0.29, 0.717) is 12.1 Å². The minimum Gasteiger partial charge on any atom is -0.426 e. The maximum atomic E-state index is 13.1. The summed E-state index contributed by atoms with van der Waals surface area (Å²) in [5.41, 5.74) is 1.17. The van der Waals surface area contributed by atoms with Crippen LogP contribution in [0.2, 0.25) is 0 Å². The van der Waals surface area contributed by atoms with E-state index in [2.05, 4.69) is 0 Å². The van der Waals surface area contributed by atoms with E-state index in [1.165, 1.54) is 4.90 Å². The lowest BCUT2D eigenvalue weighted by molar-refractivity contribution is -0.139. The summed E-state index contributed by atoms with van der Waals surface area (Å²) in [5.74, 6) is -2.21. The number of hydrogen-bond acceptors (Lipinski definition) is 5. The maximum absolute atomic E-state index is 13.1. The fourth-order valence-corrected chi connectivity index (χ4v) is 5.83. The zero-order chi connectivity index (χ0) is 25.7. The molecule has 4 atom stereocenters. The van der Waals surface area contributed by atoms with E-state index in [0.717, 1.165) is 16.5 Å². The van der Waals surface area contributed by atoms with Crippen molar-refractivity contribution in [3.8, 4) is 5.75 Å². The highest BCUT2D eigenvalue weighted by molar-refractivity contribution is 6.22. The lowest BCUT2D eigenvalue weighted by atomic mass is 9.78. The van der Waals surface area contributed by atoms with Crippen LogP contribution < -0.4 is 14.5 Å². The summed E-state index contributed by atoms with van der Waals surface area (Å²) in [6, 6.07) is 20.1. The number of hydrogen-bond donors (Lipinski definition) is 0. The average molecular weight is 495 g/mol. The van der Waals surface area contributed by atoms with E-state index in [-0.39, 0.29) is 54.2 Å². The van der Waals surface area contributed by atoms with Crippen LogP contribution in [0.3, 0.4) is 0 Å². The largest absolute Gasteiger partial charge is 0.426 e. The van der Waals surface area contributed by atoms with Gasteiger partial charge in [0.25, 0.3) is 0 Å². The fourth-order valence-electron chi connectivity index (χ4n) is 5.83. The smallest absolute Gasteiger partial charge is 0.316 e. The van der Waals surface area contributed by atoms with Gasteiger partial charge in [-0.25, -0.2) is 4.90 Å². The standard InChI is InChI=1S/C30H26N2O5/c1-18-7-4-13-24-27(18)29(35)32(28(24)34)21-10-6-11-22(16-21)37-30(36)20-15-26(33)31(17-20)25-14-5-9-19-8-2-3-12-23(19)25/h2-12,14,16,18,20,24,27H,13,15,17H2,1H3/t18-,20-,24+,27+/m1/s1. The minimum absolute atomic E-state index is 0.00852. The number of imide groups is 1. The number of rotatable bonds is 4. The Morgan fingerprint density at radius 1 is 0.946 bits per heavy atom. The van der Waals surface area contributed by atoms with Crippen LogP contribution in [0, 0.1) is 23.7 Å². The van der Waals surface area contributed by atoms with Crippen molar-refractivity contribution >= 4 is 45.8 Å². The summed E-state index contributed by atoms with van der Waals surface area (Å²) in [4.78, 5) is 55.0. The van der Waals surface area contributed by atoms with Crippen LogP contribution in [-0.4, -0.2) is 30.2 Å². The number of ether oxygens (including phenoxy) is 1. The molecule has 0 N–H and O–H groups in total. The molecule has 3 aromatic rings. The van der Waals surface area contributed by atoms with Gasteiger partial charge in [0.05, 0.1) is 29.1 Å². The average Bonchev–Trinajstić information content (AvgIpc) is 3.41. The van der Waals surface area contributed by atoms with Gasteiger partial charge in [0.15, 0.2) is 0 Å². The summed E-state index contributed by atoms with van der Waals surface area (Å²) >= 11 is 0. The summed E-state index contributed by atoms with van der Waals surface area (Å²) in [6.45, 7) is 2.17. The van der Waals surface area contributed by atoms with E-state index in [1.807, 2.05) is 61.5 Å². The Labute approximate surface area is 214 Å². The van der Waals surface area contributed by atoms with Crippen molar-refractivity contribution in [3.05, 3.63) is 78.9 Å². The zero-order valence-electron chi connectivity index (χ0n) is 20.4. The molecule has 2 saturated heterocycles. The topological polar surface area (TPSA) is 84.0 Å². The Morgan fingerprint density at radius 3 is 2.57 bits per heavy atom. The number of allylic oxidation sites excluding steroid dienone is 2. The van der Waals surface area contributed by atoms with Crippen molar-refractivity contribution < 1.29 is 23.9 Å². The highest BCUT2D eigenvalue weighted by atomic mass is 16.5. The number of carbonyl (C=O) groups is 4. The van der Waals surface area contributed by atoms with Crippen molar-refractivity contribution in [2.45, 2.75) is 19.8 Å². The second-order valence-electron chi connectivity index (χ2n) is 9.99.